The van der Waals surface area contributed by atoms with Crippen LogP contribution in [-0.2, 0) is 0 Å². The van der Waals surface area contributed by atoms with Gasteiger partial charge >= 0.3 is 0 Å². The van der Waals surface area contributed by atoms with Gasteiger partial charge in [-0.3, -0.25) is 9.78 Å². The number of anilines is 3. The molecular weight excluding hydrogens is 362 g/mol. The largest absolute Gasteiger partial charge is 0.369 e. The van der Waals surface area contributed by atoms with Crippen molar-refractivity contribution in [3.63, 3.8) is 0 Å². The highest BCUT2D eigenvalue weighted by molar-refractivity contribution is 5.93. The Morgan fingerprint density at radius 3 is 2.24 bits per heavy atom. The van der Waals surface area contributed by atoms with Gasteiger partial charge in [0, 0.05) is 62.5 Å². The van der Waals surface area contributed by atoms with Gasteiger partial charge in [0.2, 0.25) is 0 Å². The second-order valence-electron chi connectivity index (χ2n) is 8.10. The fourth-order valence-corrected chi connectivity index (χ4v) is 4.05. The zero-order valence-corrected chi connectivity index (χ0v) is 17.3. The number of rotatable bonds is 4. The molecule has 1 amide bonds. The third-order valence-electron chi connectivity index (χ3n) is 5.90. The third-order valence-corrected chi connectivity index (χ3v) is 5.90. The van der Waals surface area contributed by atoms with Crippen molar-refractivity contribution in [1.29, 1.82) is 0 Å². The lowest BCUT2D eigenvalue weighted by molar-refractivity contribution is 0.0756. The molecule has 0 saturated carbocycles. The minimum absolute atomic E-state index is 0.0426. The molecule has 29 heavy (non-hydrogen) atoms. The first kappa shape index (κ1) is 19.7. The number of nitrogens with zero attached hydrogens (tertiary/aromatic N) is 4. The van der Waals surface area contributed by atoms with Gasteiger partial charge in [0.15, 0.2) is 0 Å². The Balaban J connectivity index is 1.40. The van der Waals surface area contributed by atoms with Crippen LogP contribution in [0.4, 0.5) is 17.1 Å². The van der Waals surface area contributed by atoms with Crippen molar-refractivity contribution in [1.82, 2.24) is 14.8 Å². The number of carbonyl (C=O) groups excluding carboxylic acids is 1. The summed E-state index contributed by atoms with van der Waals surface area (Å²) in [5.74, 6) is 0.0426. The lowest BCUT2D eigenvalue weighted by atomic mass is 10.2. The molecule has 2 saturated heterocycles. The zero-order valence-electron chi connectivity index (χ0n) is 17.3. The third kappa shape index (κ3) is 5.07. The standard InChI is InChI=1S/C23H31N5O/c1-26-14-16-27(17-15-26)21-8-6-19(7-9-21)25-20-10-11-24-22(18-20)23(29)28-12-4-2-3-5-13-28/h6-11,18H,2-5,12-17H2,1H3,(H,24,25). The number of carbonyl (C=O) groups is 1. The van der Waals surface area contributed by atoms with Crippen molar-refractivity contribution in [3.05, 3.63) is 48.3 Å². The topological polar surface area (TPSA) is 51.7 Å². The summed E-state index contributed by atoms with van der Waals surface area (Å²) in [6.45, 7) is 6.01. The molecule has 0 radical (unpaired) electrons. The number of nitrogens with one attached hydrogen (secondary N) is 1. The van der Waals surface area contributed by atoms with E-state index in [0.717, 1.165) is 63.5 Å². The summed E-state index contributed by atoms with van der Waals surface area (Å²) >= 11 is 0. The van der Waals surface area contributed by atoms with Crippen molar-refractivity contribution in [2.45, 2.75) is 25.7 Å². The van der Waals surface area contributed by atoms with Gasteiger partial charge in [0.1, 0.15) is 5.69 Å². The number of hydrogen-bond donors (Lipinski definition) is 1. The number of pyridine rings is 1. The van der Waals surface area contributed by atoms with Crippen LogP contribution < -0.4 is 10.2 Å². The maximum atomic E-state index is 12.8. The summed E-state index contributed by atoms with van der Waals surface area (Å²) in [5.41, 5.74) is 3.69. The van der Waals surface area contributed by atoms with Crippen molar-refractivity contribution < 1.29 is 4.79 Å². The molecule has 0 atom stereocenters. The van der Waals surface area contributed by atoms with Gasteiger partial charge < -0.3 is 20.0 Å². The molecule has 2 aliphatic heterocycles. The molecule has 0 bridgehead atoms. The zero-order chi connectivity index (χ0) is 20.1. The van der Waals surface area contributed by atoms with Crippen LogP contribution in [0.15, 0.2) is 42.6 Å². The summed E-state index contributed by atoms with van der Waals surface area (Å²) in [5, 5.41) is 3.41. The smallest absolute Gasteiger partial charge is 0.272 e. The van der Waals surface area contributed by atoms with E-state index in [9.17, 15) is 4.79 Å². The highest BCUT2D eigenvalue weighted by atomic mass is 16.2. The predicted molar refractivity (Wildman–Crippen MR) is 118 cm³/mol. The van der Waals surface area contributed by atoms with Crippen LogP contribution >= 0.6 is 0 Å². The maximum absolute atomic E-state index is 12.8. The van der Waals surface area contributed by atoms with Crippen molar-refractivity contribution in [3.8, 4) is 0 Å². The summed E-state index contributed by atoms with van der Waals surface area (Å²) in [7, 11) is 2.17. The summed E-state index contributed by atoms with van der Waals surface area (Å²) in [4.78, 5) is 23.9. The molecule has 2 aromatic rings. The first-order valence-corrected chi connectivity index (χ1v) is 10.7. The molecule has 1 N–H and O–H groups in total. The highest BCUT2D eigenvalue weighted by Gasteiger charge is 2.19. The number of piperazine rings is 1. The number of aromatic nitrogens is 1. The number of likely N-dealkylation sites (tertiary alicyclic amines) is 1. The van der Waals surface area contributed by atoms with Crippen LogP contribution in [0.5, 0.6) is 0 Å². The molecule has 1 aromatic heterocycles. The average molecular weight is 394 g/mol. The molecule has 0 spiro atoms. The number of benzene rings is 1. The monoisotopic (exact) mass is 393 g/mol. The van der Waals surface area contributed by atoms with Crippen molar-refractivity contribution in [2.24, 2.45) is 0 Å². The molecule has 6 heteroatoms. The van der Waals surface area contributed by atoms with Crippen LogP contribution in [0, 0.1) is 0 Å². The van der Waals surface area contributed by atoms with E-state index in [2.05, 4.69) is 51.4 Å². The van der Waals surface area contributed by atoms with Gasteiger partial charge in [-0.05, 0) is 56.3 Å². The minimum atomic E-state index is 0.0426. The van der Waals surface area contributed by atoms with Gasteiger partial charge in [0.05, 0.1) is 0 Å². The Morgan fingerprint density at radius 2 is 1.55 bits per heavy atom. The highest BCUT2D eigenvalue weighted by Crippen LogP contribution is 2.23. The molecule has 3 heterocycles. The van der Waals surface area contributed by atoms with Crippen LogP contribution in [0.2, 0.25) is 0 Å². The predicted octanol–water partition coefficient (Wildman–Crippen LogP) is 3.59. The molecule has 4 rings (SSSR count). The molecule has 0 unspecified atom stereocenters. The van der Waals surface area contributed by atoms with Crippen LogP contribution in [-0.4, -0.2) is 67.0 Å². The van der Waals surface area contributed by atoms with Gasteiger partial charge in [-0.2, -0.15) is 0 Å². The second-order valence-corrected chi connectivity index (χ2v) is 8.10. The quantitative estimate of drug-likeness (QED) is 0.860. The van der Waals surface area contributed by atoms with Crippen LogP contribution in [0.3, 0.4) is 0 Å². The van der Waals surface area contributed by atoms with E-state index < -0.39 is 0 Å². The first-order valence-electron chi connectivity index (χ1n) is 10.7. The van der Waals surface area contributed by atoms with E-state index in [1.165, 1.54) is 18.5 Å². The lowest BCUT2D eigenvalue weighted by Crippen LogP contribution is -2.44. The average Bonchev–Trinajstić information content (AvgIpc) is 3.04. The van der Waals surface area contributed by atoms with Crippen molar-refractivity contribution in [2.75, 3.05) is 56.5 Å². The number of amides is 1. The molecule has 2 fully saturated rings. The fourth-order valence-electron chi connectivity index (χ4n) is 4.05. The number of hydrogen-bond acceptors (Lipinski definition) is 5. The summed E-state index contributed by atoms with van der Waals surface area (Å²) in [6.07, 6.45) is 6.31. The van der Waals surface area contributed by atoms with Gasteiger partial charge in [-0.1, -0.05) is 12.8 Å². The van der Waals surface area contributed by atoms with E-state index >= 15 is 0 Å². The molecule has 2 aliphatic rings. The molecule has 6 nitrogen and oxygen atoms in total. The maximum Gasteiger partial charge on any atom is 0.272 e. The fraction of sp³-hybridized carbons (Fsp3) is 0.478. The number of likely N-dealkylation sites (N-methyl/N-ethyl adjacent to an activating group) is 1. The van der Waals surface area contributed by atoms with E-state index in [1.54, 1.807) is 6.20 Å². The summed E-state index contributed by atoms with van der Waals surface area (Å²) < 4.78 is 0. The minimum Gasteiger partial charge on any atom is -0.369 e. The Bertz CT molecular complexity index is 806. The Labute approximate surface area is 173 Å². The van der Waals surface area contributed by atoms with Crippen LogP contribution in [0.1, 0.15) is 36.2 Å². The van der Waals surface area contributed by atoms with Gasteiger partial charge in [-0.15, -0.1) is 0 Å². The second kappa shape index (κ2) is 9.27. The van der Waals surface area contributed by atoms with E-state index in [1.807, 2.05) is 17.0 Å². The molecular formula is C23H31N5O. The van der Waals surface area contributed by atoms with E-state index in [-0.39, 0.29) is 5.91 Å². The SMILES string of the molecule is CN1CCN(c2ccc(Nc3ccnc(C(=O)N4CCCCCC4)c3)cc2)CC1. The van der Waals surface area contributed by atoms with Gasteiger partial charge in [0.25, 0.3) is 5.91 Å². The Morgan fingerprint density at radius 1 is 0.862 bits per heavy atom. The molecule has 0 aliphatic carbocycles. The molecule has 1 aromatic carbocycles. The Hall–Kier alpha value is -2.60. The van der Waals surface area contributed by atoms with E-state index in [0.29, 0.717) is 5.69 Å². The first-order chi connectivity index (χ1) is 14.2. The lowest BCUT2D eigenvalue weighted by Gasteiger charge is -2.34. The van der Waals surface area contributed by atoms with Gasteiger partial charge in [-0.25, -0.2) is 0 Å². The summed E-state index contributed by atoms with van der Waals surface area (Å²) in [6, 6.07) is 12.3. The van der Waals surface area contributed by atoms with E-state index in [4.69, 9.17) is 0 Å². The molecule has 154 valence electrons. The van der Waals surface area contributed by atoms with Crippen molar-refractivity contribution >= 4 is 23.0 Å². The van der Waals surface area contributed by atoms with Crippen LogP contribution in [0.25, 0.3) is 0 Å². The normalized spacial score (nSPS) is 18.4. The Kier molecular flexibility index (Phi) is 6.30.